The Hall–Kier alpha value is -3.11. The third-order valence-electron chi connectivity index (χ3n) is 3.67. The van der Waals surface area contributed by atoms with Gasteiger partial charge in [0.25, 0.3) is 0 Å². The number of aliphatic carboxylic acids is 1. The Morgan fingerprint density at radius 2 is 1.59 bits per heavy atom. The Balaban J connectivity index is 2.65. The lowest BCUT2D eigenvalue weighted by Gasteiger charge is -2.30. The van der Waals surface area contributed by atoms with Gasteiger partial charge in [-0.3, -0.25) is 4.79 Å². The Bertz CT molecular complexity index is 729. The summed E-state index contributed by atoms with van der Waals surface area (Å²) in [7, 11) is 0. The van der Waals surface area contributed by atoms with Crippen molar-refractivity contribution >= 4 is 5.97 Å². The predicted molar refractivity (Wildman–Crippen MR) is 80.8 cm³/mol. The molecule has 2 aromatic carbocycles. The van der Waals surface area contributed by atoms with Crippen molar-refractivity contribution in [3.63, 3.8) is 0 Å². The summed E-state index contributed by atoms with van der Waals surface area (Å²) in [5, 5.41) is 28.7. The quantitative estimate of drug-likeness (QED) is 0.916. The number of hydrogen-bond acceptors (Lipinski definition) is 3. The highest BCUT2D eigenvalue weighted by molar-refractivity contribution is 5.71. The zero-order valence-corrected chi connectivity index (χ0v) is 11.8. The molecule has 2 rings (SSSR count). The lowest BCUT2D eigenvalue weighted by molar-refractivity contribution is -0.138. The molecule has 0 saturated carbocycles. The van der Waals surface area contributed by atoms with Crippen LogP contribution in [0.5, 0.6) is 0 Å². The molecule has 4 nitrogen and oxygen atoms in total. The minimum atomic E-state index is -1.43. The fourth-order valence-electron chi connectivity index (χ4n) is 2.63. The van der Waals surface area contributed by atoms with Crippen LogP contribution in [0.1, 0.15) is 23.5 Å². The molecule has 0 bridgehead atoms. The second-order valence-electron chi connectivity index (χ2n) is 4.99. The normalized spacial score (nSPS) is 14.1. The summed E-state index contributed by atoms with van der Waals surface area (Å²) >= 11 is 0. The molecule has 1 N–H and O–H groups in total. The van der Waals surface area contributed by atoms with Gasteiger partial charge in [-0.15, -0.1) is 0 Å². The van der Waals surface area contributed by atoms with E-state index in [-0.39, 0.29) is 0 Å². The van der Waals surface area contributed by atoms with Gasteiger partial charge in [0.1, 0.15) is 5.41 Å². The number of carboxylic acid groups (broad SMARTS) is 1. The van der Waals surface area contributed by atoms with Crippen LogP contribution in [0, 0.1) is 22.7 Å². The molecule has 2 aromatic rings. The van der Waals surface area contributed by atoms with E-state index in [0.29, 0.717) is 11.1 Å². The Morgan fingerprint density at radius 1 is 1.05 bits per heavy atom. The first kappa shape index (κ1) is 15.3. The SMILES string of the molecule is N#CC(c1ccccc1)C(C#N)(CC(=O)O)c1ccccc1. The maximum absolute atomic E-state index is 11.3. The Morgan fingerprint density at radius 3 is 2.05 bits per heavy atom. The summed E-state index contributed by atoms with van der Waals surface area (Å²) in [6.45, 7) is 0. The van der Waals surface area contributed by atoms with E-state index in [0.717, 1.165) is 0 Å². The highest BCUT2D eigenvalue weighted by Gasteiger charge is 2.44. The summed E-state index contributed by atoms with van der Waals surface area (Å²) in [5.41, 5.74) is -0.254. The van der Waals surface area contributed by atoms with Gasteiger partial charge in [-0.2, -0.15) is 10.5 Å². The molecule has 0 heterocycles. The number of hydrogen-bond donors (Lipinski definition) is 1. The summed E-state index contributed by atoms with van der Waals surface area (Å²) in [5.74, 6) is -1.97. The number of rotatable bonds is 5. The van der Waals surface area contributed by atoms with E-state index in [1.807, 2.05) is 6.07 Å². The largest absolute Gasteiger partial charge is 0.481 e. The number of nitrogens with zero attached hydrogens (tertiary/aromatic N) is 2. The van der Waals surface area contributed by atoms with Crippen LogP contribution in [0.4, 0.5) is 0 Å². The summed E-state index contributed by atoms with van der Waals surface area (Å²) in [4.78, 5) is 11.3. The zero-order valence-electron chi connectivity index (χ0n) is 11.8. The standard InChI is InChI=1S/C18H14N2O2/c19-12-16(14-7-3-1-4-8-14)18(13-20,11-17(21)22)15-9-5-2-6-10-15/h1-10,16H,11H2,(H,21,22). The lowest BCUT2D eigenvalue weighted by Crippen LogP contribution is -2.34. The van der Waals surface area contributed by atoms with Crippen LogP contribution < -0.4 is 0 Å². The molecule has 2 atom stereocenters. The minimum absolute atomic E-state index is 0.430. The fraction of sp³-hybridized carbons (Fsp3) is 0.167. The van der Waals surface area contributed by atoms with Crippen molar-refractivity contribution in [2.45, 2.75) is 17.8 Å². The van der Waals surface area contributed by atoms with Gasteiger partial charge >= 0.3 is 5.97 Å². The molecule has 4 heteroatoms. The maximum Gasteiger partial charge on any atom is 0.305 e. The van der Waals surface area contributed by atoms with Crippen molar-refractivity contribution < 1.29 is 9.90 Å². The van der Waals surface area contributed by atoms with Crippen molar-refractivity contribution in [1.82, 2.24) is 0 Å². The monoisotopic (exact) mass is 290 g/mol. The van der Waals surface area contributed by atoms with Crippen molar-refractivity contribution in [1.29, 1.82) is 10.5 Å². The van der Waals surface area contributed by atoms with Crippen LogP contribution in [-0.4, -0.2) is 11.1 Å². The molecule has 0 fully saturated rings. The molecular weight excluding hydrogens is 276 g/mol. The molecular formula is C18H14N2O2. The van der Waals surface area contributed by atoms with Gasteiger partial charge in [0.2, 0.25) is 0 Å². The first-order valence-electron chi connectivity index (χ1n) is 6.77. The highest BCUT2D eigenvalue weighted by atomic mass is 16.4. The molecule has 0 spiro atoms. The van der Waals surface area contributed by atoms with Crippen molar-refractivity contribution in [2.75, 3.05) is 0 Å². The second kappa shape index (κ2) is 6.56. The van der Waals surface area contributed by atoms with E-state index in [1.165, 1.54) is 0 Å². The smallest absolute Gasteiger partial charge is 0.305 e. The topological polar surface area (TPSA) is 84.9 Å². The predicted octanol–water partition coefficient (Wildman–Crippen LogP) is 3.23. The van der Waals surface area contributed by atoms with Gasteiger partial charge in [-0.1, -0.05) is 60.7 Å². The number of nitriles is 2. The number of carbonyl (C=O) groups is 1. The summed E-state index contributed by atoms with van der Waals surface area (Å²) < 4.78 is 0. The first-order chi connectivity index (χ1) is 10.6. The second-order valence-corrected chi connectivity index (χ2v) is 4.99. The molecule has 0 aliphatic heterocycles. The minimum Gasteiger partial charge on any atom is -0.481 e. The van der Waals surface area contributed by atoms with Gasteiger partial charge in [0.15, 0.2) is 0 Å². The summed E-state index contributed by atoms with van der Waals surface area (Å²) in [6.07, 6.45) is -0.430. The van der Waals surface area contributed by atoms with E-state index < -0.39 is 23.7 Å². The Kier molecular flexibility index (Phi) is 4.56. The molecule has 0 saturated heterocycles. The first-order valence-corrected chi connectivity index (χ1v) is 6.77. The maximum atomic E-state index is 11.3. The third kappa shape index (κ3) is 2.82. The van der Waals surface area contributed by atoms with E-state index >= 15 is 0 Å². The number of benzene rings is 2. The summed E-state index contributed by atoms with van der Waals surface area (Å²) in [6, 6.07) is 21.7. The van der Waals surface area contributed by atoms with Crippen LogP contribution in [0.3, 0.4) is 0 Å². The molecule has 0 aliphatic carbocycles. The molecule has 0 aromatic heterocycles. The van der Waals surface area contributed by atoms with Gasteiger partial charge in [-0.05, 0) is 11.1 Å². The van der Waals surface area contributed by atoms with Gasteiger partial charge in [0, 0.05) is 0 Å². The van der Waals surface area contributed by atoms with Crippen LogP contribution in [0.2, 0.25) is 0 Å². The zero-order chi connectivity index (χ0) is 16.0. The lowest BCUT2D eigenvalue weighted by atomic mass is 9.67. The van der Waals surface area contributed by atoms with Crippen LogP contribution in [0.15, 0.2) is 60.7 Å². The van der Waals surface area contributed by atoms with Crippen LogP contribution in [-0.2, 0) is 10.2 Å². The van der Waals surface area contributed by atoms with E-state index in [4.69, 9.17) is 0 Å². The van der Waals surface area contributed by atoms with Crippen molar-refractivity contribution in [2.24, 2.45) is 0 Å². The Labute approximate surface area is 128 Å². The fourth-order valence-corrected chi connectivity index (χ4v) is 2.63. The molecule has 0 aliphatic rings. The van der Waals surface area contributed by atoms with E-state index in [9.17, 15) is 20.4 Å². The average Bonchev–Trinajstić information content (AvgIpc) is 2.56. The average molecular weight is 290 g/mol. The molecule has 22 heavy (non-hydrogen) atoms. The molecule has 0 amide bonds. The van der Waals surface area contributed by atoms with Gasteiger partial charge < -0.3 is 5.11 Å². The van der Waals surface area contributed by atoms with E-state index in [1.54, 1.807) is 54.6 Å². The molecule has 0 radical (unpaired) electrons. The van der Waals surface area contributed by atoms with E-state index in [2.05, 4.69) is 12.1 Å². The van der Waals surface area contributed by atoms with Gasteiger partial charge in [-0.25, -0.2) is 0 Å². The van der Waals surface area contributed by atoms with Crippen molar-refractivity contribution in [3.05, 3.63) is 71.8 Å². The number of carboxylic acids is 1. The van der Waals surface area contributed by atoms with Crippen molar-refractivity contribution in [3.8, 4) is 12.1 Å². The van der Waals surface area contributed by atoms with Crippen LogP contribution in [0.25, 0.3) is 0 Å². The highest BCUT2D eigenvalue weighted by Crippen LogP contribution is 2.41. The van der Waals surface area contributed by atoms with Gasteiger partial charge in [0.05, 0.1) is 24.5 Å². The molecule has 2 unspecified atom stereocenters. The molecule has 108 valence electrons. The van der Waals surface area contributed by atoms with Crippen LogP contribution >= 0.6 is 0 Å². The third-order valence-corrected chi connectivity index (χ3v) is 3.67.